The predicted octanol–water partition coefficient (Wildman–Crippen LogP) is 3.39. The molecule has 4 nitrogen and oxygen atoms in total. The molecule has 0 bridgehead atoms. The number of hydrogen-bond acceptors (Lipinski definition) is 4. The summed E-state index contributed by atoms with van der Waals surface area (Å²) in [5.74, 6) is 1.65. The van der Waals surface area contributed by atoms with E-state index in [1.54, 1.807) is 24.4 Å². The fraction of sp³-hybridized carbons (Fsp3) is 0.133. The molecule has 1 aliphatic heterocycles. The first-order chi connectivity index (χ1) is 9.72. The minimum absolute atomic E-state index is 0.156. The summed E-state index contributed by atoms with van der Waals surface area (Å²) in [5, 5.41) is 10.2. The Morgan fingerprint density at radius 1 is 1.15 bits per heavy atom. The van der Waals surface area contributed by atoms with Crippen LogP contribution in [0.5, 0.6) is 17.2 Å². The number of benzene rings is 2. The van der Waals surface area contributed by atoms with E-state index < -0.39 is 0 Å². The molecule has 0 saturated carbocycles. The number of fused-ring (bicyclic) bond motifs is 1. The van der Waals surface area contributed by atoms with Crippen molar-refractivity contribution in [2.45, 2.75) is 6.54 Å². The third-order valence-electron chi connectivity index (χ3n) is 2.93. The Kier molecular flexibility index (Phi) is 3.48. The summed E-state index contributed by atoms with van der Waals surface area (Å²) in [6.45, 7) is 0.751. The quantitative estimate of drug-likeness (QED) is 0.881. The minimum atomic E-state index is 0.156. The number of rotatable bonds is 3. The van der Waals surface area contributed by atoms with Gasteiger partial charge in [-0.3, -0.25) is 4.99 Å². The zero-order valence-corrected chi connectivity index (χ0v) is 11.3. The third kappa shape index (κ3) is 2.70. The van der Waals surface area contributed by atoms with Crippen molar-refractivity contribution in [3.05, 3.63) is 52.5 Å². The maximum Gasteiger partial charge on any atom is 0.231 e. The van der Waals surface area contributed by atoms with Crippen molar-refractivity contribution in [1.82, 2.24) is 0 Å². The zero-order valence-electron chi connectivity index (χ0n) is 10.5. The fourth-order valence-electron chi connectivity index (χ4n) is 1.92. The molecular formula is C15H12ClNO3. The molecule has 0 amide bonds. The summed E-state index contributed by atoms with van der Waals surface area (Å²) in [6, 6.07) is 10.5. The van der Waals surface area contributed by atoms with Gasteiger partial charge in [0.2, 0.25) is 6.79 Å². The number of aromatic hydroxyl groups is 1. The molecule has 1 aliphatic rings. The number of phenolic OH excluding ortho intramolecular Hbond substituents is 1. The first-order valence-corrected chi connectivity index (χ1v) is 6.47. The standard InChI is InChI=1S/C15H12ClNO3/c16-12-2-3-13(18)11(6-12)8-17-7-10-1-4-14-15(5-10)20-9-19-14/h1-6,8,18H,7,9H2. The van der Waals surface area contributed by atoms with Crippen LogP contribution in [0.3, 0.4) is 0 Å². The van der Waals surface area contributed by atoms with E-state index in [0.717, 1.165) is 17.1 Å². The minimum Gasteiger partial charge on any atom is -0.507 e. The lowest BCUT2D eigenvalue weighted by Crippen LogP contribution is -1.92. The fourth-order valence-corrected chi connectivity index (χ4v) is 2.10. The molecule has 5 heteroatoms. The van der Waals surface area contributed by atoms with Gasteiger partial charge < -0.3 is 14.6 Å². The highest BCUT2D eigenvalue weighted by Gasteiger charge is 2.12. The van der Waals surface area contributed by atoms with Crippen LogP contribution in [-0.2, 0) is 6.54 Å². The molecule has 0 fully saturated rings. The largest absolute Gasteiger partial charge is 0.507 e. The summed E-state index contributed by atoms with van der Waals surface area (Å²) in [5.41, 5.74) is 1.60. The topological polar surface area (TPSA) is 51.1 Å². The molecule has 1 heterocycles. The summed E-state index contributed by atoms with van der Waals surface area (Å²) < 4.78 is 10.6. The van der Waals surface area contributed by atoms with Gasteiger partial charge in [-0.1, -0.05) is 17.7 Å². The monoisotopic (exact) mass is 289 g/mol. The van der Waals surface area contributed by atoms with E-state index in [0.29, 0.717) is 17.1 Å². The van der Waals surface area contributed by atoms with E-state index in [1.165, 1.54) is 0 Å². The molecule has 0 radical (unpaired) electrons. The Morgan fingerprint density at radius 2 is 2.00 bits per heavy atom. The van der Waals surface area contributed by atoms with Gasteiger partial charge in [0.15, 0.2) is 11.5 Å². The highest BCUT2D eigenvalue weighted by molar-refractivity contribution is 6.30. The normalized spacial score (nSPS) is 13.1. The molecule has 0 aliphatic carbocycles. The van der Waals surface area contributed by atoms with Crippen molar-refractivity contribution in [2.24, 2.45) is 4.99 Å². The molecule has 0 aromatic heterocycles. The molecule has 102 valence electrons. The van der Waals surface area contributed by atoms with Crippen LogP contribution in [0.4, 0.5) is 0 Å². The van der Waals surface area contributed by atoms with E-state index in [9.17, 15) is 5.11 Å². The van der Waals surface area contributed by atoms with Gasteiger partial charge in [-0.05, 0) is 35.9 Å². The van der Waals surface area contributed by atoms with E-state index >= 15 is 0 Å². The van der Waals surface area contributed by atoms with Gasteiger partial charge in [0.25, 0.3) is 0 Å². The van der Waals surface area contributed by atoms with Gasteiger partial charge in [0.1, 0.15) is 5.75 Å². The van der Waals surface area contributed by atoms with Crippen LogP contribution < -0.4 is 9.47 Å². The lowest BCUT2D eigenvalue weighted by molar-refractivity contribution is 0.174. The van der Waals surface area contributed by atoms with Gasteiger partial charge in [-0.25, -0.2) is 0 Å². The number of phenols is 1. The number of ether oxygens (including phenoxy) is 2. The molecule has 0 saturated heterocycles. The van der Waals surface area contributed by atoms with Crippen molar-refractivity contribution in [1.29, 1.82) is 0 Å². The Morgan fingerprint density at radius 3 is 2.90 bits per heavy atom. The summed E-state index contributed by atoms with van der Waals surface area (Å²) in [7, 11) is 0. The second-order valence-corrected chi connectivity index (χ2v) is 4.80. The van der Waals surface area contributed by atoms with E-state index in [-0.39, 0.29) is 12.5 Å². The zero-order chi connectivity index (χ0) is 13.9. The van der Waals surface area contributed by atoms with E-state index in [2.05, 4.69) is 4.99 Å². The Balaban J connectivity index is 1.73. The summed E-state index contributed by atoms with van der Waals surface area (Å²) in [6.07, 6.45) is 1.60. The number of aliphatic imine (C=N–C) groups is 1. The van der Waals surface area contributed by atoms with Crippen molar-refractivity contribution in [2.75, 3.05) is 6.79 Å². The highest BCUT2D eigenvalue weighted by atomic mass is 35.5. The predicted molar refractivity (Wildman–Crippen MR) is 77.0 cm³/mol. The SMILES string of the molecule is Oc1ccc(Cl)cc1C=NCc1ccc2c(c1)OCO2. The first kappa shape index (κ1) is 12.8. The average molecular weight is 290 g/mol. The molecule has 20 heavy (non-hydrogen) atoms. The van der Waals surface area contributed by atoms with Crippen molar-refractivity contribution >= 4 is 17.8 Å². The van der Waals surface area contributed by atoms with Crippen LogP contribution >= 0.6 is 11.6 Å². The van der Waals surface area contributed by atoms with Crippen LogP contribution in [0.15, 0.2) is 41.4 Å². The van der Waals surface area contributed by atoms with Gasteiger partial charge in [-0.15, -0.1) is 0 Å². The molecule has 0 atom stereocenters. The van der Waals surface area contributed by atoms with Crippen LogP contribution in [-0.4, -0.2) is 18.1 Å². The number of nitrogens with zero attached hydrogens (tertiary/aromatic N) is 1. The van der Waals surface area contributed by atoms with Crippen molar-refractivity contribution < 1.29 is 14.6 Å². The lowest BCUT2D eigenvalue weighted by atomic mass is 10.2. The smallest absolute Gasteiger partial charge is 0.231 e. The van der Waals surface area contributed by atoms with Crippen molar-refractivity contribution in [3.63, 3.8) is 0 Å². The molecular weight excluding hydrogens is 278 g/mol. The molecule has 2 aromatic rings. The molecule has 3 rings (SSSR count). The van der Waals surface area contributed by atoms with Gasteiger partial charge in [0.05, 0.1) is 6.54 Å². The van der Waals surface area contributed by atoms with Crippen LogP contribution in [0.1, 0.15) is 11.1 Å². The maximum atomic E-state index is 9.67. The summed E-state index contributed by atoms with van der Waals surface area (Å²) in [4.78, 5) is 4.30. The maximum absolute atomic E-state index is 9.67. The Bertz CT molecular complexity index is 670. The summed E-state index contributed by atoms with van der Waals surface area (Å²) >= 11 is 5.87. The van der Waals surface area contributed by atoms with Crippen LogP contribution in [0.2, 0.25) is 5.02 Å². The van der Waals surface area contributed by atoms with E-state index in [1.807, 2.05) is 18.2 Å². The van der Waals surface area contributed by atoms with Crippen LogP contribution in [0.25, 0.3) is 0 Å². The third-order valence-corrected chi connectivity index (χ3v) is 3.17. The lowest BCUT2D eigenvalue weighted by Gasteiger charge is -2.01. The number of halogens is 1. The second-order valence-electron chi connectivity index (χ2n) is 4.36. The van der Waals surface area contributed by atoms with Gasteiger partial charge in [-0.2, -0.15) is 0 Å². The van der Waals surface area contributed by atoms with Crippen molar-refractivity contribution in [3.8, 4) is 17.2 Å². The highest BCUT2D eigenvalue weighted by Crippen LogP contribution is 2.32. The molecule has 0 unspecified atom stereocenters. The number of hydrogen-bond donors (Lipinski definition) is 1. The van der Waals surface area contributed by atoms with Crippen LogP contribution in [0, 0.1) is 0 Å². The molecule has 2 aromatic carbocycles. The van der Waals surface area contributed by atoms with E-state index in [4.69, 9.17) is 21.1 Å². The Hall–Kier alpha value is -2.20. The molecule has 0 spiro atoms. The van der Waals surface area contributed by atoms with Gasteiger partial charge >= 0.3 is 0 Å². The average Bonchev–Trinajstić information content (AvgIpc) is 2.90. The molecule has 1 N–H and O–H groups in total. The second kappa shape index (κ2) is 5.43. The van der Waals surface area contributed by atoms with Gasteiger partial charge in [0, 0.05) is 16.8 Å². The first-order valence-electron chi connectivity index (χ1n) is 6.09. The Labute approximate surface area is 121 Å².